The average Bonchev–Trinajstić information content (AvgIpc) is 3.09. The molecule has 0 aliphatic heterocycles. The molecule has 0 spiro atoms. The van der Waals surface area contributed by atoms with Crippen LogP contribution >= 0.6 is 23.1 Å². The highest BCUT2D eigenvalue weighted by Crippen LogP contribution is 2.42. The van der Waals surface area contributed by atoms with Crippen LogP contribution in [0.4, 0.5) is 0 Å². The summed E-state index contributed by atoms with van der Waals surface area (Å²) in [4.78, 5) is 4.71. The quantitative estimate of drug-likeness (QED) is 0.852. The van der Waals surface area contributed by atoms with Gasteiger partial charge in [0, 0.05) is 10.8 Å². The molecule has 5 heteroatoms. The second kappa shape index (κ2) is 6.65. The fourth-order valence-corrected chi connectivity index (χ4v) is 5.61. The van der Waals surface area contributed by atoms with Crippen LogP contribution in [0.1, 0.15) is 32.6 Å². The maximum absolute atomic E-state index is 9.76. The van der Waals surface area contributed by atoms with Crippen LogP contribution in [0.3, 0.4) is 0 Å². The molecule has 1 heterocycles. The van der Waals surface area contributed by atoms with Gasteiger partial charge in [0.25, 0.3) is 0 Å². The van der Waals surface area contributed by atoms with E-state index >= 15 is 0 Å². The van der Waals surface area contributed by atoms with E-state index in [-0.39, 0.29) is 12.1 Å². The van der Waals surface area contributed by atoms with Crippen LogP contribution in [0.15, 0.2) is 28.6 Å². The lowest BCUT2D eigenvalue weighted by molar-refractivity contribution is 0.165. The van der Waals surface area contributed by atoms with Gasteiger partial charge in [-0.3, -0.25) is 0 Å². The van der Waals surface area contributed by atoms with E-state index < -0.39 is 0 Å². The summed E-state index contributed by atoms with van der Waals surface area (Å²) in [6.07, 6.45) is 4.35. The van der Waals surface area contributed by atoms with Gasteiger partial charge in [-0.1, -0.05) is 30.8 Å². The molecule has 0 saturated heterocycles. The van der Waals surface area contributed by atoms with Gasteiger partial charge in [-0.2, -0.15) is 0 Å². The number of thiazole rings is 1. The zero-order valence-corrected chi connectivity index (χ0v) is 14.0. The maximum atomic E-state index is 9.76. The molecule has 21 heavy (non-hydrogen) atoms. The third-order valence-electron chi connectivity index (χ3n) is 4.16. The van der Waals surface area contributed by atoms with Crippen molar-refractivity contribution < 1.29 is 5.11 Å². The number of thioether (sulfide) groups is 1. The van der Waals surface area contributed by atoms with Crippen LogP contribution in [-0.2, 0) is 0 Å². The van der Waals surface area contributed by atoms with Gasteiger partial charge in [0.15, 0.2) is 4.34 Å². The van der Waals surface area contributed by atoms with Crippen LogP contribution in [0.2, 0.25) is 0 Å². The third-order valence-corrected chi connectivity index (χ3v) is 6.56. The molecule has 1 aliphatic rings. The van der Waals surface area contributed by atoms with Crippen molar-refractivity contribution in [3.05, 3.63) is 24.3 Å². The minimum absolute atomic E-state index is 0.0651. The van der Waals surface area contributed by atoms with Crippen molar-refractivity contribution in [2.45, 2.75) is 47.7 Å². The van der Waals surface area contributed by atoms with Crippen molar-refractivity contribution in [2.24, 2.45) is 0 Å². The van der Waals surface area contributed by atoms with E-state index in [2.05, 4.69) is 30.4 Å². The Bertz CT molecular complexity index is 568. The van der Waals surface area contributed by atoms with Crippen molar-refractivity contribution in [1.29, 1.82) is 0 Å². The molecule has 3 nitrogen and oxygen atoms in total. The predicted octanol–water partition coefficient (Wildman–Crippen LogP) is 3.67. The number of aliphatic hydroxyl groups is 1. The molecule has 1 aliphatic carbocycles. The van der Waals surface area contributed by atoms with Gasteiger partial charge >= 0.3 is 0 Å². The predicted molar refractivity (Wildman–Crippen MR) is 91.2 cm³/mol. The van der Waals surface area contributed by atoms with E-state index in [0.717, 1.165) is 42.1 Å². The molecule has 2 atom stereocenters. The molecule has 0 bridgehead atoms. The molecule has 1 aromatic heterocycles. The van der Waals surface area contributed by atoms with Gasteiger partial charge in [-0.25, -0.2) is 4.98 Å². The molecule has 0 amide bonds. The molecular weight excluding hydrogens is 300 g/mol. The summed E-state index contributed by atoms with van der Waals surface area (Å²) in [7, 11) is 0. The molecule has 2 aromatic rings. The molecule has 2 N–H and O–H groups in total. The number of aromatic nitrogens is 1. The van der Waals surface area contributed by atoms with Gasteiger partial charge in [-0.05, 0) is 44.4 Å². The summed E-state index contributed by atoms with van der Waals surface area (Å²) in [5.74, 6) is 0. The van der Waals surface area contributed by atoms with Crippen molar-refractivity contribution in [1.82, 2.24) is 10.3 Å². The first-order valence-corrected chi connectivity index (χ1v) is 9.32. The average molecular weight is 322 g/mol. The Balaban J connectivity index is 1.66. The summed E-state index contributed by atoms with van der Waals surface area (Å²) in [5.41, 5.74) is 1.03. The van der Waals surface area contributed by atoms with E-state index in [0.29, 0.717) is 5.25 Å². The minimum Gasteiger partial charge on any atom is -0.394 e. The summed E-state index contributed by atoms with van der Waals surface area (Å²) >= 11 is 3.66. The number of hydrogen-bond acceptors (Lipinski definition) is 5. The molecule has 3 rings (SSSR count). The van der Waals surface area contributed by atoms with Gasteiger partial charge in [0.2, 0.25) is 0 Å². The van der Waals surface area contributed by atoms with Crippen LogP contribution in [0.5, 0.6) is 0 Å². The first-order valence-electron chi connectivity index (χ1n) is 7.63. The number of hydrogen-bond donors (Lipinski definition) is 2. The summed E-state index contributed by atoms with van der Waals surface area (Å²) in [5, 5.41) is 13.9. The normalized spacial score (nSPS) is 25.7. The monoisotopic (exact) mass is 322 g/mol. The number of aliphatic hydroxyl groups excluding tert-OH is 1. The highest BCUT2D eigenvalue weighted by Gasteiger charge is 2.38. The Kier molecular flexibility index (Phi) is 4.84. The van der Waals surface area contributed by atoms with E-state index in [1.54, 1.807) is 11.3 Å². The summed E-state index contributed by atoms with van der Waals surface area (Å²) in [6, 6.07) is 8.31. The highest BCUT2D eigenvalue weighted by molar-refractivity contribution is 8.01. The second-order valence-corrected chi connectivity index (χ2v) is 8.37. The van der Waals surface area contributed by atoms with E-state index in [9.17, 15) is 5.11 Å². The lowest BCUT2D eigenvalue weighted by Gasteiger charge is -2.28. The van der Waals surface area contributed by atoms with Crippen molar-refractivity contribution in [2.75, 3.05) is 13.2 Å². The first-order chi connectivity index (χ1) is 10.2. The van der Waals surface area contributed by atoms with Crippen LogP contribution in [-0.4, -0.2) is 34.0 Å². The standard InChI is InChI=1S/C16H22N2OS2/c1-2-9-17-16(11-19)8-7-12(10-16)20-15-18-13-5-3-4-6-14(13)21-15/h3-6,12,17,19H,2,7-11H2,1H3. The number of para-hydroxylation sites is 1. The zero-order valence-electron chi connectivity index (χ0n) is 12.3. The lowest BCUT2D eigenvalue weighted by Crippen LogP contribution is -2.46. The van der Waals surface area contributed by atoms with Gasteiger partial charge in [-0.15, -0.1) is 11.3 Å². The number of rotatable bonds is 6. The molecule has 0 radical (unpaired) electrons. The molecule has 114 valence electrons. The second-order valence-electron chi connectivity index (χ2n) is 5.80. The summed E-state index contributed by atoms with van der Waals surface area (Å²) < 4.78 is 2.42. The summed E-state index contributed by atoms with van der Waals surface area (Å²) in [6.45, 7) is 3.39. The fourth-order valence-electron chi connectivity index (χ4n) is 2.97. The Labute approximate surface area is 134 Å². The number of benzene rings is 1. The van der Waals surface area contributed by atoms with Crippen LogP contribution < -0.4 is 5.32 Å². The minimum atomic E-state index is -0.0651. The molecular formula is C16H22N2OS2. The van der Waals surface area contributed by atoms with Crippen LogP contribution in [0, 0.1) is 0 Å². The smallest absolute Gasteiger partial charge is 0.151 e. The zero-order chi connectivity index (χ0) is 14.7. The molecule has 1 aromatic carbocycles. The Morgan fingerprint density at radius 1 is 1.48 bits per heavy atom. The topological polar surface area (TPSA) is 45.1 Å². The molecule has 1 saturated carbocycles. The first kappa shape index (κ1) is 15.3. The number of nitrogens with one attached hydrogen (secondary N) is 1. The van der Waals surface area contributed by atoms with Crippen molar-refractivity contribution >= 4 is 33.3 Å². The molecule has 1 fully saturated rings. The number of fused-ring (bicyclic) bond motifs is 1. The van der Waals surface area contributed by atoms with Crippen LogP contribution in [0.25, 0.3) is 10.2 Å². The Morgan fingerprint density at radius 2 is 2.33 bits per heavy atom. The van der Waals surface area contributed by atoms with Crippen molar-refractivity contribution in [3.8, 4) is 0 Å². The van der Waals surface area contributed by atoms with Gasteiger partial charge < -0.3 is 10.4 Å². The molecule has 2 unspecified atom stereocenters. The fraction of sp³-hybridized carbons (Fsp3) is 0.562. The Morgan fingerprint density at radius 3 is 3.10 bits per heavy atom. The van der Waals surface area contributed by atoms with Gasteiger partial charge in [0.1, 0.15) is 0 Å². The maximum Gasteiger partial charge on any atom is 0.151 e. The van der Waals surface area contributed by atoms with Gasteiger partial charge in [0.05, 0.1) is 16.8 Å². The third kappa shape index (κ3) is 3.42. The van der Waals surface area contributed by atoms with Crippen molar-refractivity contribution in [3.63, 3.8) is 0 Å². The van der Waals surface area contributed by atoms with E-state index in [1.807, 2.05) is 17.8 Å². The SMILES string of the molecule is CCCNC1(CO)CCC(Sc2nc3ccccc3s2)C1. The lowest BCUT2D eigenvalue weighted by atomic mass is 9.99. The number of nitrogens with zero attached hydrogens (tertiary/aromatic N) is 1. The Hall–Kier alpha value is -0.620. The highest BCUT2D eigenvalue weighted by atomic mass is 32.2. The largest absolute Gasteiger partial charge is 0.394 e. The van der Waals surface area contributed by atoms with E-state index in [1.165, 1.54) is 4.70 Å². The van der Waals surface area contributed by atoms with E-state index in [4.69, 9.17) is 4.98 Å².